The lowest BCUT2D eigenvalue weighted by atomic mass is 10.0. The summed E-state index contributed by atoms with van der Waals surface area (Å²) >= 11 is 1.72. The van der Waals surface area contributed by atoms with Gasteiger partial charge in [-0.15, -0.1) is 11.3 Å². The number of aromatic nitrogens is 2. The Bertz CT molecular complexity index is 789. The Morgan fingerprint density at radius 3 is 3.00 bits per heavy atom. The monoisotopic (exact) mass is 305 g/mol. The number of nitrogens with one attached hydrogen (secondary N) is 1. The molecule has 1 N–H and O–H groups in total. The van der Waals surface area contributed by atoms with E-state index in [1.54, 1.807) is 16.2 Å². The van der Waals surface area contributed by atoms with Crippen LogP contribution in [0.25, 0.3) is 0 Å². The van der Waals surface area contributed by atoms with E-state index in [0.717, 1.165) is 6.42 Å². The SMILES string of the molecule is CC1c2ccsc2CCN1C(=O)Cn1ccc(=O)[nH]c1=O. The Hall–Kier alpha value is -2.15. The zero-order valence-electron chi connectivity index (χ0n) is 11.5. The van der Waals surface area contributed by atoms with Crippen molar-refractivity contribution in [3.63, 3.8) is 0 Å². The molecule has 0 aromatic carbocycles. The van der Waals surface area contributed by atoms with Crippen molar-refractivity contribution in [1.82, 2.24) is 14.5 Å². The molecule has 0 bridgehead atoms. The highest BCUT2D eigenvalue weighted by Crippen LogP contribution is 2.32. The summed E-state index contributed by atoms with van der Waals surface area (Å²) in [4.78, 5) is 40.3. The summed E-state index contributed by atoms with van der Waals surface area (Å²) in [5.74, 6) is -0.117. The number of hydrogen-bond acceptors (Lipinski definition) is 4. The minimum atomic E-state index is -0.559. The van der Waals surface area contributed by atoms with E-state index in [1.807, 2.05) is 12.3 Å². The summed E-state index contributed by atoms with van der Waals surface area (Å²) in [5, 5.41) is 2.04. The first kappa shape index (κ1) is 13.8. The molecular weight excluding hydrogens is 290 g/mol. The van der Waals surface area contributed by atoms with Gasteiger partial charge in [0.05, 0.1) is 6.04 Å². The Morgan fingerprint density at radius 2 is 2.24 bits per heavy atom. The molecule has 1 amide bonds. The maximum absolute atomic E-state index is 12.4. The molecule has 1 aliphatic heterocycles. The molecule has 1 aliphatic rings. The van der Waals surface area contributed by atoms with Gasteiger partial charge in [0.1, 0.15) is 6.54 Å². The molecule has 6 nitrogen and oxygen atoms in total. The molecule has 1 atom stereocenters. The molecule has 2 aromatic heterocycles. The molecule has 0 aliphatic carbocycles. The fraction of sp³-hybridized carbons (Fsp3) is 0.357. The molecule has 0 spiro atoms. The van der Waals surface area contributed by atoms with Crippen LogP contribution in [0.1, 0.15) is 23.4 Å². The Morgan fingerprint density at radius 1 is 1.43 bits per heavy atom. The molecule has 2 aromatic rings. The third kappa shape index (κ3) is 2.56. The van der Waals surface area contributed by atoms with E-state index in [0.29, 0.717) is 6.54 Å². The third-order valence-corrected chi connectivity index (χ3v) is 4.80. The molecule has 3 heterocycles. The van der Waals surface area contributed by atoms with Gasteiger partial charge in [0.15, 0.2) is 0 Å². The molecule has 1 unspecified atom stereocenters. The second kappa shape index (κ2) is 5.33. The van der Waals surface area contributed by atoms with Crippen molar-refractivity contribution >= 4 is 17.2 Å². The van der Waals surface area contributed by atoms with Gasteiger partial charge in [-0.2, -0.15) is 0 Å². The lowest BCUT2D eigenvalue weighted by Crippen LogP contribution is -2.42. The van der Waals surface area contributed by atoms with Crippen molar-refractivity contribution in [2.45, 2.75) is 25.9 Å². The highest BCUT2D eigenvalue weighted by molar-refractivity contribution is 7.10. The molecular formula is C14H15N3O3S. The van der Waals surface area contributed by atoms with Gasteiger partial charge < -0.3 is 4.90 Å². The average molecular weight is 305 g/mol. The van der Waals surface area contributed by atoms with Crippen molar-refractivity contribution in [3.8, 4) is 0 Å². The number of nitrogens with zero attached hydrogens (tertiary/aromatic N) is 2. The standard InChI is InChI=1S/C14H15N3O3S/c1-9-10-4-7-21-11(10)2-6-17(9)13(19)8-16-5-3-12(18)15-14(16)20/h3-5,7,9H,2,6,8H2,1H3,(H,15,18,20). The number of carbonyl (C=O) groups is 1. The van der Waals surface area contributed by atoms with E-state index < -0.39 is 11.2 Å². The van der Waals surface area contributed by atoms with Gasteiger partial charge in [0, 0.05) is 23.7 Å². The van der Waals surface area contributed by atoms with E-state index in [2.05, 4.69) is 11.1 Å². The number of carbonyl (C=O) groups excluding carboxylic acids is 1. The molecule has 110 valence electrons. The summed E-state index contributed by atoms with van der Waals surface area (Å²) in [5.41, 5.74) is 0.170. The lowest BCUT2D eigenvalue weighted by Gasteiger charge is -2.33. The number of fused-ring (bicyclic) bond motifs is 1. The maximum Gasteiger partial charge on any atom is 0.328 e. The van der Waals surface area contributed by atoms with Crippen molar-refractivity contribution < 1.29 is 4.79 Å². The van der Waals surface area contributed by atoms with Crippen LogP contribution in [-0.4, -0.2) is 26.9 Å². The van der Waals surface area contributed by atoms with Crippen LogP contribution >= 0.6 is 11.3 Å². The first-order valence-corrected chi connectivity index (χ1v) is 7.60. The second-order valence-electron chi connectivity index (χ2n) is 5.05. The zero-order chi connectivity index (χ0) is 15.0. The van der Waals surface area contributed by atoms with Crippen LogP contribution < -0.4 is 11.2 Å². The van der Waals surface area contributed by atoms with Crippen molar-refractivity contribution in [3.05, 3.63) is 55.0 Å². The number of thiophene rings is 1. The molecule has 0 fully saturated rings. The van der Waals surface area contributed by atoms with Crippen molar-refractivity contribution in [2.75, 3.05) is 6.54 Å². The molecule has 0 radical (unpaired) electrons. The van der Waals surface area contributed by atoms with Gasteiger partial charge in [-0.3, -0.25) is 19.1 Å². The van der Waals surface area contributed by atoms with Crippen molar-refractivity contribution in [1.29, 1.82) is 0 Å². The molecule has 0 saturated heterocycles. The maximum atomic E-state index is 12.4. The fourth-order valence-electron chi connectivity index (χ4n) is 2.66. The summed E-state index contributed by atoms with van der Waals surface area (Å²) in [6.07, 6.45) is 2.20. The molecule has 21 heavy (non-hydrogen) atoms. The molecule has 0 saturated carbocycles. The molecule has 3 rings (SSSR count). The van der Waals surface area contributed by atoms with Crippen LogP contribution in [0, 0.1) is 0 Å². The minimum absolute atomic E-state index is 0.0194. The van der Waals surface area contributed by atoms with E-state index in [4.69, 9.17) is 0 Å². The van der Waals surface area contributed by atoms with Crippen LogP contribution in [-0.2, 0) is 17.8 Å². The van der Waals surface area contributed by atoms with Gasteiger partial charge in [-0.05, 0) is 30.4 Å². The van der Waals surface area contributed by atoms with E-state index in [1.165, 1.54) is 27.3 Å². The first-order valence-electron chi connectivity index (χ1n) is 6.72. The van der Waals surface area contributed by atoms with Crippen molar-refractivity contribution in [2.24, 2.45) is 0 Å². The Kier molecular flexibility index (Phi) is 3.50. The number of aromatic amines is 1. The van der Waals surface area contributed by atoms with Gasteiger partial charge in [-0.25, -0.2) is 4.79 Å². The van der Waals surface area contributed by atoms with Gasteiger partial charge in [-0.1, -0.05) is 0 Å². The smallest absolute Gasteiger partial charge is 0.328 e. The van der Waals surface area contributed by atoms with E-state index in [-0.39, 0.29) is 18.5 Å². The van der Waals surface area contributed by atoms with E-state index in [9.17, 15) is 14.4 Å². The average Bonchev–Trinajstić information content (AvgIpc) is 2.91. The second-order valence-corrected chi connectivity index (χ2v) is 6.05. The third-order valence-electron chi connectivity index (χ3n) is 3.80. The van der Waals surface area contributed by atoms with Crippen LogP contribution in [0.3, 0.4) is 0 Å². The minimum Gasteiger partial charge on any atom is -0.334 e. The Labute approximate surface area is 124 Å². The predicted molar refractivity (Wildman–Crippen MR) is 79.5 cm³/mol. The van der Waals surface area contributed by atoms with E-state index >= 15 is 0 Å². The lowest BCUT2D eigenvalue weighted by molar-refractivity contribution is -0.134. The largest absolute Gasteiger partial charge is 0.334 e. The van der Waals surface area contributed by atoms with Crippen LogP contribution in [0.5, 0.6) is 0 Å². The number of H-pyrrole nitrogens is 1. The summed E-state index contributed by atoms with van der Waals surface area (Å²) in [6, 6.07) is 3.31. The highest BCUT2D eigenvalue weighted by Gasteiger charge is 2.28. The van der Waals surface area contributed by atoms with Gasteiger partial charge in [0.25, 0.3) is 5.56 Å². The fourth-order valence-corrected chi connectivity index (χ4v) is 3.62. The summed E-state index contributed by atoms with van der Waals surface area (Å²) in [6.45, 7) is 2.60. The van der Waals surface area contributed by atoms with Crippen LogP contribution in [0.4, 0.5) is 0 Å². The topological polar surface area (TPSA) is 75.2 Å². The summed E-state index contributed by atoms with van der Waals surface area (Å²) < 4.78 is 1.22. The number of amides is 1. The number of rotatable bonds is 2. The van der Waals surface area contributed by atoms with Gasteiger partial charge >= 0.3 is 5.69 Å². The first-order chi connectivity index (χ1) is 10.1. The Balaban J connectivity index is 1.80. The highest BCUT2D eigenvalue weighted by atomic mass is 32.1. The van der Waals surface area contributed by atoms with Crippen LogP contribution in [0.15, 0.2) is 33.3 Å². The zero-order valence-corrected chi connectivity index (χ0v) is 12.4. The normalized spacial score (nSPS) is 17.6. The predicted octanol–water partition coefficient (Wildman–Crippen LogP) is 0.744. The van der Waals surface area contributed by atoms with Crippen LogP contribution in [0.2, 0.25) is 0 Å². The number of hydrogen-bond donors (Lipinski definition) is 1. The summed E-state index contributed by atoms with van der Waals surface area (Å²) in [7, 11) is 0. The van der Waals surface area contributed by atoms with Gasteiger partial charge in [0.2, 0.25) is 5.91 Å². The molecule has 7 heteroatoms. The quantitative estimate of drug-likeness (QED) is 0.889.